The third-order valence-corrected chi connectivity index (χ3v) is 2.18. The van der Waals surface area contributed by atoms with Crippen molar-refractivity contribution in [3.8, 4) is 0 Å². The molecule has 0 heterocycles. The highest BCUT2D eigenvalue weighted by Crippen LogP contribution is 2.30. The van der Waals surface area contributed by atoms with Crippen molar-refractivity contribution in [2.75, 3.05) is 12.8 Å². The molecule has 0 fully saturated rings. The fourth-order valence-corrected chi connectivity index (χ4v) is 1.48. The first-order chi connectivity index (χ1) is 7.97. The smallest absolute Gasteiger partial charge is 0.340 e. The number of halogens is 1. The Morgan fingerprint density at radius 2 is 2.00 bits per heavy atom. The van der Waals surface area contributed by atoms with Crippen LogP contribution in [-0.4, -0.2) is 18.0 Å². The fourth-order valence-electron chi connectivity index (χ4n) is 1.03. The molecule has 0 aliphatic rings. The minimum absolute atomic E-state index is 0.0291. The van der Waals surface area contributed by atoms with E-state index in [4.69, 9.17) is 5.73 Å². The molecule has 0 saturated heterocycles. The highest BCUT2D eigenvalue weighted by atomic mass is 79.9. The van der Waals surface area contributed by atoms with E-state index in [0.29, 0.717) is 4.47 Å². The molecule has 0 spiro atoms. The second kappa shape index (κ2) is 6.85. The van der Waals surface area contributed by atoms with Crippen LogP contribution in [-0.2, 0) is 4.74 Å². The Morgan fingerprint density at radius 3 is 2.41 bits per heavy atom. The summed E-state index contributed by atoms with van der Waals surface area (Å²) in [5.74, 6) is -0.711. The third kappa shape index (κ3) is 3.70. The largest absolute Gasteiger partial charge is 0.465 e. The summed E-state index contributed by atoms with van der Waals surface area (Å²) in [5, 5.41) is 10.6. The number of esters is 1. The molecule has 1 rings (SSSR count). The van der Waals surface area contributed by atoms with Crippen molar-refractivity contribution in [1.29, 1.82) is 0 Å². The number of hydrogen-bond acceptors (Lipinski definition) is 5. The van der Waals surface area contributed by atoms with E-state index in [9.17, 15) is 14.9 Å². The van der Waals surface area contributed by atoms with Gasteiger partial charge in [-0.3, -0.25) is 10.1 Å². The molecule has 1 aromatic carbocycles. The average molecular weight is 305 g/mol. The SMILES string of the molecule is CC.COC(=O)c1cc(Br)cc([N+](=O)[O-])c1N. The zero-order valence-corrected chi connectivity index (χ0v) is 11.3. The van der Waals surface area contributed by atoms with Crippen LogP contribution >= 0.6 is 15.9 Å². The Labute approximate surface area is 107 Å². The minimum atomic E-state index is -0.711. The maximum atomic E-state index is 11.2. The maximum Gasteiger partial charge on any atom is 0.340 e. The lowest BCUT2D eigenvalue weighted by Gasteiger charge is -2.04. The number of hydrogen-bond donors (Lipinski definition) is 1. The standard InChI is InChI=1S/C8H7BrN2O4.C2H6/c1-15-8(12)5-2-4(9)3-6(7(5)10)11(13)14;1-2/h2-3H,10H2,1H3;1-2H3. The Morgan fingerprint density at radius 1 is 1.47 bits per heavy atom. The van der Waals surface area contributed by atoms with E-state index in [0.717, 1.165) is 0 Å². The van der Waals surface area contributed by atoms with Gasteiger partial charge < -0.3 is 10.5 Å². The lowest BCUT2D eigenvalue weighted by molar-refractivity contribution is -0.384. The molecule has 6 nitrogen and oxygen atoms in total. The number of nitro benzene ring substituents is 1. The Balaban J connectivity index is 0.00000121. The number of nitrogens with zero attached hydrogens (tertiary/aromatic N) is 1. The third-order valence-electron chi connectivity index (χ3n) is 1.72. The molecule has 94 valence electrons. The van der Waals surface area contributed by atoms with E-state index < -0.39 is 10.9 Å². The normalized spacial score (nSPS) is 8.94. The van der Waals surface area contributed by atoms with E-state index in [1.165, 1.54) is 19.2 Å². The van der Waals surface area contributed by atoms with Gasteiger partial charge in [-0.1, -0.05) is 29.8 Å². The number of carbonyl (C=O) groups is 1. The quantitative estimate of drug-likeness (QED) is 0.392. The van der Waals surface area contributed by atoms with Crippen molar-refractivity contribution in [3.05, 3.63) is 32.3 Å². The van der Waals surface area contributed by atoms with Crippen LogP contribution in [0.2, 0.25) is 0 Å². The summed E-state index contributed by atoms with van der Waals surface area (Å²) in [6.07, 6.45) is 0. The first-order valence-electron chi connectivity index (χ1n) is 4.79. The van der Waals surface area contributed by atoms with Crippen LogP contribution in [0.1, 0.15) is 24.2 Å². The lowest BCUT2D eigenvalue weighted by Crippen LogP contribution is -2.08. The fraction of sp³-hybridized carbons (Fsp3) is 0.300. The lowest BCUT2D eigenvalue weighted by atomic mass is 10.1. The summed E-state index contributed by atoms with van der Waals surface area (Å²) in [6, 6.07) is 2.59. The van der Waals surface area contributed by atoms with Gasteiger partial charge in [-0.15, -0.1) is 0 Å². The molecule has 1 aromatic rings. The molecule has 0 radical (unpaired) electrons. The molecule has 0 amide bonds. The minimum Gasteiger partial charge on any atom is -0.465 e. The highest BCUT2D eigenvalue weighted by molar-refractivity contribution is 9.10. The summed E-state index contributed by atoms with van der Waals surface area (Å²) in [7, 11) is 1.18. The maximum absolute atomic E-state index is 11.2. The Bertz CT molecular complexity index is 435. The van der Waals surface area contributed by atoms with Crippen LogP contribution in [0, 0.1) is 10.1 Å². The Kier molecular flexibility index (Phi) is 6.19. The van der Waals surface area contributed by atoms with Gasteiger partial charge in [0.25, 0.3) is 5.69 Å². The molecule has 0 bridgehead atoms. The van der Waals surface area contributed by atoms with Gasteiger partial charge in [0.1, 0.15) is 5.69 Å². The van der Waals surface area contributed by atoms with Crippen molar-refractivity contribution < 1.29 is 14.5 Å². The summed E-state index contributed by atoms with van der Waals surface area (Å²) < 4.78 is 4.84. The number of nitrogen functional groups attached to an aromatic ring is 1. The molecule has 0 aromatic heterocycles. The summed E-state index contributed by atoms with van der Waals surface area (Å²) >= 11 is 3.05. The molecule has 17 heavy (non-hydrogen) atoms. The second-order valence-electron chi connectivity index (χ2n) is 2.63. The number of nitrogens with two attached hydrogens (primary N) is 1. The molecule has 0 saturated carbocycles. The predicted octanol–water partition coefficient (Wildman–Crippen LogP) is 2.75. The Hall–Kier alpha value is -1.63. The molecule has 0 aliphatic carbocycles. The number of rotatable bonds is 2. The van der Waals surface area contributed by atoms with Crippen molar-refractivity contribution in [3.63, 3.8) is 0 Å². The van der Waals surface area contributed by atoms with Crippen molar-refractivity contribution >= 4 is 33.3 Å². The first-order valence-corrected chi connectivity index (χ1v) is 5.58. The first kappa shape index (κ1) is 15.4. The number of ether oxygens (including phenoxy) is 1. The highest BCUT2D eigenvalue weighted by Gasteiger charge is 2.21. The van der Waals surface area contributed by atoms with Crippen molar-refractivity contribution in [2.45, 2.75) is 13.8 Å². The van der Waals surface area contributed by atoms with Crippen LogP contribution in [0.25, 0.3) is 0 Å². The predicted molar refractivity (Wildman–Crippen MR) is 67.9 cm³/mol. The van der Waals surface area contributed by atoms with Gasteiger partial charge in [0.05, 0.1) is 17.6 Å². The monoisotopic (exact) mass is 304 g/mol. The van der Waals surface area contributed by atoms with Crippen LogP contribution in [0.4, 0.5) is 11.4 Å². The van der Waals surface area contributed by atoms with Crippen molar-refractivity contribution in [1.82, 2.24) is 0 Å². The zero-order chi connectivity index (χ0) is 13.6. The van der Waals surface area contributed by atoms with Crippen LogP contribution in [0.3, 0.4) is 0 Å². The molecule has 7 heteroatoms. The van der Waals surface area contributed by atoms with Crippen LogP contribution in [0.5, 0.6) is 0 Å². The molecule has 0 atom stereocenters. The zero-order valence-electron chi connectivity index (χ0n) is 9.69. The summed E-state index contributed by atoms with van der Waals surface area (Å²) in [6.45, 7) is 4.00. The molecular weight excluding hydrogens is 292 g/mol. The van der Waals surface area contributed by atoms with Gasteiger partial charge in [0.15, 0.2) is 0 Å². The second-order valence-corrected chi connectivity index (χ2v) is 3.55. The number of anilines is 1. The van der Waals surface area contributed by atoms with Gasteiger partial charge in [-0.25, -0.2) is 4.79 Å². The van der Waals surface area contributed by atoms with Crippen LogP contribution < -0.4 is 5.73 Å². The van der Waals surface area contributed by atoms with E-state index in [2.05, 4.69) is 20.7 Å². The average Bonchev–Trinajstić information content (AvgIpc) is 2.33. The van der Waals surface area contributed by atoms with Gasteiger partial charge in [-0.2, -0.15) is 0 Å². The van der Waals surface area contributed by atoms with Gasteiger partial charge in [0.2, 0.25) is 0 Å². The van der Waals surface area contributed by atoms with E-state index in [1.807, 2.05) is 13.8 Å². The van der Waals surface area contributed by atoms with Crippen molar-refractivity contribution in [2.24, 2.45) is 0 Å². The molecule has 0 aliphatic heterocycles. The number of methoxy groups -OCH3 is 1. The topological polar surface area (TPSA) is 95.5 Å². The summed E-state index contributed by atoms with van der Waals surface area (Å²) in [5.41, 5.74) is 4.91. The van der Waals surface area contributed by atoms with Crippen LogP contribution in [0.15, 0.2) is 16.6 Å². The summed E-state index contributed by atoms with van der Waals surface area (Å²) in [4.78, 5) is 21.1. The number of benzene rings is 1. The number of carbonyl (C=O) groups excluding carboxylic acids is 1. The molecule has 2 N–H and O–H groups in total. The van der Waals surface area contributed by atoms with Gasteiger partial charge in [-0.05, 0) is 6.07 Å². The molecular formula is C10H13BrN2O4. The van der Waals surface area contributed by atoms with E-state index in [-0.39, 0.29) is 16.9 Å². The van der Waals surface area contributed by atoms with Gasteiger partial charge in [0, 0.05) is 10.5 Å². The van der Waals surface area contributed by atoms with Gasteiger partial charge >= 0.3 is 5.97 Å². The van der Waals surface area contributed by atoms with E-state index in [1.54, 1.807) is 0 Å². The number of nitro groups is 1. The molecule has 0 unspecified atom stereocenters. The van der Waals surface area contributed by atoms with E-state index >= 15 is 0 Å².